The highest BCUT2D eigenvalue weighted by molar-refractivity contribution is 7.89. The van der Waals surface area contributed by atoms with Gasteiger partial charge in [0.1, 0.15) is 16.7 Å². The van der Waals surface area contributed by atoms with Crippen LogP contribution in [0.1, 0.15) is 70.0 Å². The van der Waals surface area contributed by atoms with Gasteiger partial charge in [0.25, 0.3) is 5.56 Å². The number of carbonyl (C=O) groups is 2. The van der Waals surface area contributed by atoms with E-state index < -0.39 is 22.0 Å². The Morgan fingerprint density at radius 3 is 2.38 bits per heavy atom. The number of hydrogen-bond acceptors (Lipinski definition) is 11. The van der Waals surface area contributed by atoms with Gasteiger partial charge in [-0.15, -0.1) is 0 Å². The van der Waals surface area contributed by atoms with E-state index in [1.165, 1.54) is 9.13 Å². The fourth-order valence-corrected chi connectivity index (χ4v) is 11.6. The van der Waals surface area contributed by atoms with Crippen molar-refractivity contribution < 1.29 is 18.0 Å². The third kappa shape index (κ3) is 6.88. The molecule has 0 saturated carbocycles. The second-order valence-corrected chi connectivity index (χ2v) is 19.5. The molecule has 0 aliphatic carbocycles. The van der Waals surface area contributed by atoms with Gasteiger partial charge < -0.3 is 10.2 Å². The number of benzene rings is 2. The van der Waals surface area contributed by atoms with E-state index in [0.29, 0.717) is 47.8 Å². The van der Waals surface area contributed by atoms with E-state index in [-0.39, 0.29) is 50.9 Å². The first kappa shape index (κ1) is 40.3. The van der Waals surface area contributed by atoms with Crippen LogP contribution in [-0.4, -0.2) is 98.4 Å². The number of pyridine rings is 1. The second kappa shape index (κ2) is 15.1. The molecule has 18 heteroatoms. The van der Waals surface area contributed by atoms with Crippen LogP contribution in [0.4, 0.5) is 17.3 Å². The van der Waals surface area contributed by atoms with Crippen molar-refractivity contribution in [3.8, 4) is 0 Å². The lowest BCUT2D eigenvalue weighted by molar-refractivity contribution is -0.135. The molecule has 4 aliphatic rings. The fraction of sp³-hybridized carbons (Fsp3) is 0.476. The Bertz CT molecular complexity index is 2790. The molecule has 9 rings (SSSR count). The minimum Gasteiger partial charge on any atom is -0.370 e. The number of aryl methyl sites for hydroxylation is 2. The number of likely N-dealkylation sites (tertiary alicyclic amines) is 1. The Morgan fingerprint density at radius 1 is 0.967 bits per heavy atom. The molecule has 1 spiro atoms. The van der Waals surface area contributed by atoms with Crippen LogP contribution in [-0.2, 0) is 26.7 Å². The first-order valence-electron chi connectivity index (χ1n) is 20.6. The Morgan fingerprint density at radius 2 is 1.70 bits per heavy atom. The van der Waals surface area contributed by atoms with Crippen LogP contribution in [0.2, 0.25) is 5.02 Å². The van der Waals surface area contributed by atoms with Gasteiger partial charge in [0.05, 0.1) is 21.6 Å². The zero-order valence-electron chi connectivity index (χ0n) is 34.1. The summed E-state index contributed by atoms with van der Waals surface area (Å²) in [6.45, 7) is 10.2. The number of nitrogens with one attached hydrogen (secondary N) is 2. The predicted octanol–water partition coefficient (Wildman–Crippen LogP) is 4.46. The van der Waals surface area contributed by atoms with Crippen molar-refractivity contribution in [3.05, 3.63) is 80.1 Å². The minimum atomic E-state index is -3.71. The molecular weight excluding hydrogens is 808 g/mol. The number of para-hydroxylation sites is 1. The Balaban J connectivity index is 0.805. The number of imidazole rings is 1. The smallest absolute Gasteiger partial charge is 0.329 e. The summed E-state index contributed by atoms with van der Waals surface area (Å²) in [6, 6.07) is 11.9. The molecule has 0 radical (unpaired) electrons. The maximum Gasteiger partial charge on any atom is 0.329 e. The van der Waals surface area contributed by atoms with Gasteiger partial charge in [0.2, 0.25) is 27.8 Å². The summed E-state index contributed by atoms with van der Waals surface area (Å²) < 4.78 is 34.0. The molecule has 2 amide bonds. The standard InChI is InChI=1S/C42H49ClN10O6S/c1-25(2)52-37-27(21-30(43)39(52)56)22-44-40(47-37)45-31-9-8-29(20-26(31)3)60(58,59)51-16-12-28(13-17-51)50-23-42(24-50)14-18-49(19-15-42)32-6-5-7-33-36(32)48(4)41(57)53(33)34-10-11-35(54)46-38(34)55/h5-9,20-22,25,28,34H,10-19,23-24H2,1-4H3,(H,44,45,47)(H,46,54,55). The van der Waals surface area contributed by atoms with Crippen molar-refractivity contribution in [3.63, 3.8) is 0 Å². The van der Waals surface area contributed by atoms with E-state index in [0.717, 1.165) is 68.6 Å². The molecule has 2 aromatic carbocycles. The van der Waals surface area contributed by atoms with Crippen molar-refractivity contribution in [2.45, 2.75) is 82.3 Å². The van der Waals surface area contributed by atoms with Crippen LogP contribution in [0.25, 0.3) is 22.1 Å². The normalized spacial score (nSPS) is 20.6. The average Bonchev–Trinajstić information content (AvgIpc) is 3.46. The number of hydrogen-bond donors (Lipinski definition) is 2. The van der Waals surface area contributed by atoms with Crippen molar-refractivity contribution in [2.75, 3.05) is 49.5 Å². The van der Waals surface area contributed by atoms with Crippen molar-refractivity contribution in [1.29, 1.82) is 0 Å². The minimum absolute atomic E-state index is 0.102. The summed E-state index contributed by atoms with van der Waals surface area (Å²) >= 11 is 6.17. The van der Waals surface area contributed by atoms with Crippen LogP contribution in [0, 0.1) is 12.3 Å². The van der Waals surface area contributed by atoms with Gasteiger partial charge in [-0.2, -0.15) is 9.29 Å². The topological polar surface area (TPSA) is 177 Å². The molecule has 7 heterocycles. The molecule has 1 unspecified atom stereocenters. The molecule has 2 N–H and O–H groups in total. The monoisotopic (exact) mass is 856 g/mol. The average molecular weight is 857 g/mol. The van der Waals surface area contributed by atoms with Crippen LogP contribution in [0.15, 0.2) is 63.1 Å². The quantitative estimate of drug-likeness (QED) is 0.211. The lowest BCUT2D eigenvalue weighted by atomic mass is 9.71. The summed E-state index contributed by atoms with van der Waals surface area (Å²) in [5.41, 5.74) is 3.92. The van der Waals surface area contributed by atoms with E-state index in [4.69, 9.17) is 11.6 Å². The van der Waals surface area contributed by atoms with Crippen molar-refractivity contribution in [2.24, 2.45) is 12.5 Å². The number of piperidine rings is 3. The SMILES string of the molecule is Cc1cc(S(=O)(=O)N2CCC(N3CC4(CCN(c5cccc6c5n(C)c(=O)n6C5CCC(=O)NC5=O)CC4)C3)CC2)ccc1Nc1ncc2cc(Cl)c(=O)n(C(C)C)c2n1. The number of imide groups is 1. The second-order valence-electron chi connectivity index (χ2n) is 17.2. The van der Waals surface area contributed by atoms with E-state index in [2.05, 4.69) is 30.4 Å². The van der Waals surface area contributed by atoms with Gasteiger partial charge >= 0.3 is 5.69 Å². The summed E-state index contributed by atoms with van der Waals surface area (Å²) in [5.74, 6) is -0.471. The third-order valence-electron chi connectivity index (χ3n) is 13.1. The number of sulfonamides is 1. The molecule has 3 aromatic heterocycles. The maximum atomic E-state index is 13.9. The summed E-state index contributed by atoms with van der Waals surface area (Å²) in [6.07, 6.45) is 5.67. The first-order chi connectivity index (χ1) is 28.6. The number of nitrogens with zero attached hydrogens (tertiary/aromatic N) is 8. The van der Waals surface area contributed by atoms with Crippen LogP contribution in [0.5, 0.6) is 0 Å². The van der Waals surface area contributed by atoms with E-state index >= 15 is 0 Å². The number of rotatable bonds is 8. The molecule has 1 atom stereocenters. The zero-order valence-corrected chi connectivity index (χ0v) is 35.7. The van der Waals surface area contributed by atoms with Crippen LogP contribution < -0.4 is 26.8 Å². The fourth-order valence-electron chi connectivity index (χ4n) is 9.79. The first-order valence-corrected chi connectivity index (χ1v) is 22.4. The van der Waals surface area contributed by atoms with Crippen molar-refractivity contribution >= 4 is 72.8 Å². The van der Waals surface area contributed by atoms with Gasteiger partial charge in [-0.1, -0.05) is 17.7 Å². The Hall–Kier alpha value is -5.10. The number of anilines is 3. The third-order valence-corrected chi connectivity index (χ3v) is 15.3. The summed E-state index contributed by atoms with van der Waals surface area (Å²) in [4.78, 5) is 64.9. The number of aromatic nitrogens is 5. The van der Waals surface area contributed by atoms with Gasteiger partial charge in [-0.25, -0.2) is 18.2 Å². The molecule has 16 nitrogen and oxygen atoms in total. The lowest BCUT2D eigenvalue weighted by Gasteiger charge is -2.57. The highest BCUT2D eigenvalue weighted by Gasteiger charge is 2.48. The lowest BCUT2D eigenvalue weighted by Crippen LogP contribution is -2.64. The number of fused-ring (bicyclic) bond motifs is 2. The van der Waals surface area contributed by atoms with Gasteiger partial charge in [0, 0.05) is 82.1 Å². The Labute approximate surface area is 352 Å². The van der Waals surface area contributed by atoms with Crippen LogP contribution in [0.3, 0.4) is 0 Å². The largest absolute Gasteiger partial charge is 0.370 e. The van der Waals surface area contributed by atoms with E-state index in [1.807, 2.05) is 39.0 Å². The predicted molar refractivity (Wildman–Crippen MR) is 229 cm³/mol. The number of carbonyl (C=O) groups excluding carboxylic acids is 2. The van der Waals surface area contributed by atoms with E-state index in [1.54, 1.807) is 46.4 Å². The van der Waals surface area contributed by atoms with Gasteiger partial charge in [0.15, 0.2) is 0 Å². The highest BCUT2D eigenvalue weighted by Crippen LogP contribution is 2.44. The molecule has 4 aliphatic heterocycles. The zero-order chi connectivity index (χ0) is 42.2. The summed E-state index contributed by atoms with van der Waals surface area (Å²) in [7, 11) is -1.97. The van der Waals surface area contributed by atoms with Gasteiger partial charge in [-0.3, -0.25) is 38.3 Å². The van der Waals surface area contributed by atoms with E-state index in [9.17, 15) is 27.6 Å². The molecule has 5 aromatic rings. The number of halogens is 1. The molecule has 0 bridgehead atoms. The number of amides is 2. The maximum absolute atomic E-state index is 13.9. The molecule has 60 heavy (non-hydrogen) atoms. The van der Waals surface area contributed by atoms with Gasteiger partial charge in [-0.05, 0) is 100 Å². The molecule has 4 fully saturated rings. The van der Waals surface area contributed by atoms with Crippen molar-refractivity contribution in [1.82, 2.24) is 38.2 Å². The molecule has 316 valence electrons. The Kier molecular flexibility index (Phi) is 10.2. The molecular formula is C42H49ClN10O6S. The highest BCUT2D eigenvalue weighted by atomic mass is 35.5. The van der Waals surface area contributed by atoms with Crippen LogP contribution >= 0.6 is 11.6 Å². The summed E-state index contributed by atoms with van der Waals surface area (Å²) in [5, 5.41) is 6.32. The molecule has 4 saturated heterocycles.